The number of benzene rings is 2. The second-order valence-electron chi connectivity index (χ2n) is 7.44. The average molecular weight is 445 g/mol. The third-order valence-electron chi connectivity index (χ3n) is 5.39. The molecule has 3 aromatic rings. The van der Waals surface area contributed by atoms with Crippen LogP contribution in [0.25, 0.3) is 11.1 Å². The van der Waals surface area contributed by atoms with Crippen molar-refractivity contribution in [2.45, 2.75) is 24.3 Å². The number of sulfonamides is 1. The summed E-state index contributed by atoms with van der Waals surface area (Å²) in [5.74, 6) is -0.565. The SMILES string of the molecule is COc1cccc(CNC(=O)C2CCCN(S(=O)(=O)c3ccc4[nH]c(=O)oc4c3)C2)c1. The number of hydrogen-bond donors (Lipinski definition) is 2. The second-order valence-corrected chi connectivity index (χ2v) is 9.38. The molecule has 0 aliphatic carbocycles. The molecule has 1 atom stereocenters. The Morgan fingerprint density at radius 1 is 1.29 bits per heavy atom. The lowest BCUT2D eigenvalue weighted by Crippen LogP contribution is -2.45. The minimum absolute atomic E-state index is 0.0280. The largest absolute Gasteiger partial charge is 0.497 e. The maximum atomic E-state index is 13.1. The zero-order chi connectivity index (χ0) is 22.0. The van der Waals surface area contributed by atoms with E-state index < -0.39 is 21.7 Å². The Morgan fingerprint density at radius 2 is 2.13 bits per heavy atom. The van der Waals surface area contributed by atoms with Gasteiger partial charge < -0.3 is 14.5 Å². The molecule has 1 aromatic heterocycles. The molecule has 1 saturated heterocycles. The van der Waals surface area contributed by atoms with Gasteiger partial charge in [-0.15, -0.1) is 0 Å². The van der Waals surface area contributed by atoms with E-state index in [9.17, 15) is 18.0 Å². The number of hydrogen-bond acceptors (Lipinski definition) is 6. The molecule has 0 saturated carbocycles. The van der Waals surface area contributed by atoms with Crippen LogP contribution in [0.15, 0.2) is 56.6 Å². The normalized spacial score (nSPS) is 17.5. The number of fused-ring (bicyclic) bond motifs is 1. The molecule has 1 fully saturated rings. The number of methoxy groups -OCH3 is 1. The molecule has 1 aliphatic heterocycles. The summed E-state index contributed by atoms with van der Waals surface area (Å²) in [4.78, 5) is 26.5. The molecule has 0 bridgehead atoms. The summed E-state index contributed by atoms with van der Waals surface area (Å²) in [5, 5.41) is 2.89. The Kier molecular flexibility index (Phi) is 5.84. The molecule has 164 valence electrons. The van der Waals surface area contributed by atoms with Gasteiger partial charge in [0, 0.05) is 25.7 Å². The number of rotatable bonds is 6. The van der Waals surface area contributed by atoms with Crippen molar-refractivity contribution in [2.24, 2.45) is 5.92 Å². The summed E-state index contributed by atoms with van der Waals surface area (Å²) in [6.07, 6.45) is 1.19. The zero-order valence-corrected chi connectivity index (χ0v) is 17.8. The molecule has 2 N–H and O–H groups in total. The van der Waals surface area contributed by atoms with Gasteiger partial charge >= 0.3 is 5.76 Å². The Labute approximate surface area is 179 Å². The first-order chi connectivity index (χ1) is 14.9. The summed E-state index contributed by atoms with van der Waals surface area (Å²) in [6.45, 7) is 0.765. The highest BCUT2D eigenvalue weighted by atomic mass is 32.2. The highest BCUT2D eigenvalue weighted by Gasteiger charge is 2.33. The number of nitrogens with one attached hydrogen (secondary N) is 2. The monoisotopic (exact) mass is 445 g/mol. The number of aromatic amines is 1. The van der Waals surface area contributed by atoms with E-state index in [1.54, 1.807) is 7.11 Å². The fraction of sp³-hybridized carbons (Fsp3) is 0.333. The van der Waals surface area contributed by atoms with E-state index in [1.165, 1.54) is 22.5 Å². The number of aromatic nitrogens is 1. The van der Waals surface area contributed by atoms with Gasteiger partial charge in [0.2, 0.25) is 15.9 Å². The first-order valence-corrected chi connectivity index (χ1v) is 11.3. The van der Waals surface area contributed by atoms with Gasteiger partial charge in [0.1, 0.15) is 5.75 Å². The van der Waals surface area contributed by atoms with Crippen LogP contribution < -0.4 is 15.8 Å². The molecule has 1 unspecified atom stereocenters. The van der Waals surface area contributed by atoms with Crippen molar-refractivity contribution in [1.82, 2.24) is 14.6 Å². The van der Waals surface area contributed by atoms with Crippen LogP contribution >= 0.6 is 0 Å². The Bertz CT molecular complexity index is 1260. The van der Waals surface area contributed by atoms with E-state index in [-0.39, 0.29) is 22.9 Å². The molecule has 1 aliphatic rings. The maximum Gasteiger partial charge on any atom is 0.417 e. The lowest BCUT2D eigenvalue weighted by Gasteiger charge is -2.31. The number of oxazole rings is 1. The van der Waals surface area contributed by atoms with Gasteiger partial charge in [-0.1, -0.05) is 12.1 Å². The van der Waals surface area contributed by atoms with Crippen LogP contribution in [0.3, 0.4) is 0 Å². The average Bonchev–Trinajstić information content (AvgIpc) is 3.17. The molecule has 2 heterocycles. The summed E-state index contributed by atoms with van der Waals surface area (Å²) in [5.41, 5.74) is 1.50. The van der Waals surface area contributed by atoms with Crippen molar-refractivity contribution in [1.29, 1.82) is 0 Å². The van der Waals surface area contributed by atoms with Gasteiger partial charge in [-0.2, -0.15) is 4.31 Å². The van der Waals surface area contributed by atoms with Gasteiger partial charge in [-0.25, -0.2) is 13.2 Å². The van der Waals surface area contributed by atoms with Crippen molar-refractivity contribution < 1.29 is 22.4 Å². The van der Waals surface area contributed by atoms with Crippen molar-refractivity contribution in [3.05, 3.63) is 58.6 Å². The van der Waals surface area contributed by atoms with E-state index in [0.717, 1.165) is 5.56 Å². The molecule has 0 spiro atoms. The smallest absolute Gasteiger partial charge is 0.417 e. The first-order valence-electron chi connectivity index (χ1n) is 9.90. The van der Waals surface area contributed by atoms with Crippen LogP contribution in [-0.2, 0) is 21.4 Å². The van der Waals surface area contributed by atoms with E-state index >= 15 is 0 Å². The van der Waals surface area contributed by atoms with Crippen LogP contribution in [0.5, 0.6) is 5.75 Å². The van der Waals surface area contributed by atoms with Gasteiger partial charge in [-0.05, 0) is 42.7 Å². The minimum Gasteiger partial charge on any atom is -0.497 e. The summed E-state index contributed by atoms with van der Waals surface area (Å²) < 4.78 is 37.7. The molecule has 10 heteroatoms. The Morgan fingerprint density at radius 3 is 2.94 bits per heavy atom. The molecule has 2 aromatic carbocycles. The lowest BCUT2D eigenvalue weighted by atomic mass is 9.99. The van der Waals surface area contributed by atoms with Crippen molar-refractivity contribution in [3.63, 3.8) is 0 Å². The third-order valence-corrected chi connectivity index (χ3v) is 7.25. The summed E-state index contributed by atoms with van der Waals surface area (Å²) in [7, 11) is -2.25. The first kappa shape index (κ1) is 21.1. The minimum atomic E-state index is -3.83. The predicted octanol–water partition coefficient (Wildman–Crippen LogP) is 1.85. The molecule has 1 amide bonds. The van der Waals surface area contributed by atoms with E-state index in [0.29, 0.717) is 37.2 Å². The van der Waals surface area contributed by atoms with Crippen molar-refractivity contribution in [2.75, 3.05) is 20.2 Å². The lowest BCUT2D eigenvalue weighted by molar-refractivity contribution is -0.126. The number of nitrogens with zero attached hydrogens (tertiary/aromatic N) is 1. The molecular formula is C21H23N3O6S. The number of carbonyl (C=O) groups is 1. The quantitative estimate of drug-likeness (QED) is 0.597. The van der Waals surface area contributed by atoms with Gasteiger partial charge in [0.15, 0.2) is 5.58 Å². The number of piperidine rings is 1. The number of ether oxygens (including phenoxy) is 1. The van der Waals surface area contributed by atoms with Gasteiger partial charge in [0.25, 0.3) is 0 Å². The van der Waals surface area contributed by atoms with Gasteiger partial charge in [0.05, 0.1) is 23.4 Å². The van der Waals surface area contributed by atoms with E-state index in [2.05, 4.69) is 10.3 Å². The number of H-pyrrole nitrogens is 1. The summed E-state index contributed by atoms with van der Waals surface area (Å²) in [6, 6.07) is 11.6. The van der Waals surface area contributed by atoms with Crippen molar-refractivity contribution in [3.8, 4) is 5.75 Å². The molecule has 0 radical (unpaired) electrons. The highest BCUT2D eigenvalue weighted by Crippen LogP contribution is 2.26. The highest BCUT2D eigenvalue weighted by molar-refractivity contribution is 7.89. The molecule has 4 rings (SSSR count). The molecular weight excluding hydrogens is 422 g/mol. The fourth-order valence-corrected chi connectivity index (χ4v) is 5.27. The zero-order valence-electron chi connectivity index (χ0n) is 17.0. The Balaban J connectivity index is 1.45. The second kappa shape index (κ2) is 8.56. The summed E-state index contributed by atoms with van der Waals surface area (Å²) >= 11 is 0. The molecule has 31 heavy (non-hydrogen) atoms. The Hall–Kier alpha value is -3.11. The van der Waals surface area contributed by atoms with Gasteiger partial charge in [-0.3, -0.25) is 9.78 Å². The third kappa shape index (κ3) is 4.49. The maximum absolute atomic E-state index is 13.1. The number of carbonyl (C=O) groups excluding carboxylic acids is 1. The topological polar surface area (TPSA) is 122 Å². The predicted molar refractivity (Wildman–Crippen MR) is 113 cm³/mol. The van der Waals surface area contributed by atoms with Crippen LogP contribution in [0, 0.1) is 5.92 Å². The van der Waals surface area contributed by atoms with E-state index in [4.69, 9.17) is 9.15 Å². The van der Waals surface area contributed by atoms with Crippen LogP contribution in [0.4, 0.5) is 0 Å². The molecule has 9 nitrogen and oxygen atoms in total. The number of amides is 1. The van der Waals surface area contributed by atoms with Crippen molar-refractivity contribution >= 4 is 27.0 Å². The van der Waals surface area contributed by atoms with E-state index in [1.807, 2.05) is 24.3 Å². The van der Waals surface area contributed by atoms with Crippen LogP contribution in [-0.4, -0.2) is 43.8 Å². The fourth-order valence-electron chi connectivity index (χ4n) is 3.73. The standard InChI is InChI=1S/C21H23N3O6S/c1-29-16-6-2-4-14(10-16)12-22-20(25)15-5-3-9-24(13-15)31(27,28)17-7-8-18-19(11-17)30-21(26)23-18/h2,4,6-8,10-11,15H,3,5,9,12-13H2,1H3,(H,22,25)(H,23,26). The van der Waals surface area contributed by atoms with Crippen LogP contribution in [0.2, 0.25) is 0 Å². The van der Waals surface area contributed by atoms with Crippen LogP contribution in [0.1, 0.15) is 18.4 Å².